The van der Waals surface area contributed by atoms with Crippen molar-refractivity contribution in [2.24, 2.45) is 0 Å². The standard InChI is InChI=1S/C25H24N2O3/c1-30-23-9-5-8-22(18-23)26-14-16-27(17-15-26)25(29)21-12-10-20(11-13-21)24(28)19-6-3-2-4-7-19/h2-13,18H,14-17H2,1H3. The van der Waals surface area contributed by atoms with E-state index in [2.05, 4.69) is 11.0 Å². The summed E-state index contributed by atoms with van der Waals surface area (Å²) in [6.45, 7) is 2.84. The first-order chi connectivity index (χ1) is 14.7. The zero-order valence-electron chi connectivity index (χ0n) is 17.0. The lowest BCUT2D eigenvalue weighted by atomic mass is 10.0. The summed E-state index contributed by atoms with van der Waals surface area (Å²) in [5, 5.41) is 0. The summed E-state index contributed by atoms with van der Waals surface area (Å²) in [6, 6.07) is 24.1. The van der Waals surface area contributed by atoms with Crippen LogP contribution in [-0.2, 0) is 0 Å². The Bertz CT molecular complexity index is 1020. The summed E-state index contributed by atoms with van der Waals surface area (Å²) in [7, 11) is 1.66. The molecule has 0 aromatic heterocycles. The van der Waals surface area contributed by atoms with Gasteiger partial charge in [0.2, 0.25) is 0 Å². The number of benzene rings is 3. The Morgan fingerprint density at radius 3 is 2.03 bits per heavy atom. The highest BCUT2D eigenvalue weighted by atomic mass is 16.5. The first-order valence-corrected chi connectivity index (χ1v) is 10.0. The predicted molar refractivity (Wildman–Crippen MR) is 117 cm³/mol. The molecule has 1 fully saturated rings. The van der Waals surface area contributed by atoms with Crippen LogP contribution < -0.4 is 9.64 Å². The van der Waals surface area contributed by atoms with Crippen LogP contribution in [-0.4, -0.2) is 49.9 Å². The topological polar surface area (TPSA) is 49.9 Å². The second-order valence-corrected chi connectivity index (χ2v) is 7.25. The molecule has 1 aliphatic rings. The lowest BCUT2D eigenvalue weighted by Crippen LogP contribution is -2.48. The monoisotopic (exact) mass is 400 g/mol. The van der Waals surface area contributed by atoms with Crippen molar-refractivity contribution in [3.8, 4) is 5.75 Å². The second-order valence-electron chi connectivity index (χ2n) is 7.25. The van der Waals surface area contributed by atoms with Crippen LogP contribution in [0.4, 0.5) is 5.69 Å². The lowest BCUT2D eigenvalue weighted by Gasteiger charge is -2.36. The molecular formula is C25H24N2O3. The molecule has 3 aromatic rings. The third-order valence-electron chi connectivity index (χ3n) is 5.42. The average Bonchev–Trinajstić information content (AvgIpc) is 2.84. The Morgan fingerprint density at radius 1 is 0.733 bits per heavy atom. The van der Waals surface area contributed by atoms with Crippen LogP contribution in [0.25, 0.3) is 0 Å². The first-order valence-electron chi connectivity index (χ1n) is 10.0. The van der Waals surface area contributed by atoms with E-state index in [1.807, 2.05) is 41.3 Å². The first kappa shape index (κ1) is 19.7. The maximum Gasteiger partial charge on any atom is 0.253 e. The van der Waals surface area contributed by atoms with Crippen molar-refractivity contribution in [3.05, 3.63) is 95.6 Å². The molecule has 1 amide bonds. The smallest absolute Gasteiger partial charge is 0.253 e. The molecule has 1 heterocycles. The van der Waals surface area contributed by atoms with E-state index in [1.165, 1.54) is 0 Å². The van der Waals surface area contributed by atoms with E-state index in [0.29, 0.717) is 29.8 Å². The molecule has 0 aliphatic carbocycles. The predicted octanol–water partition coefficient (Wildman–Crippen LogP) is 3.89. The number of ketones is 1. The summed E-state index contributed by atoms with van der Waals surface area (Å²) in [5.41, 5.74) is 2.94. The number of nitrogens with zero attached hydrogens (tertiary/aromatic N) is 2. The fraction of sp³-hybridized carbons (Fsp3) is 0.200. The summed E-state index contributed by atoms with van der Waals surface area (Å²) in [6.07, 6.45) is 0. The summed E-state index contributed by atoms with van der Waals surface area (Å²) < 4.78 is 5.30. The minimum Gasteiger partial charge on any atom is -0.497 e. The van der Waals surface area contributed by atoms with Gasteiger partial charge in [-0.25, -0.2) is 0 Å². The summed E-state index contributed by atoms with van der Waals surface area (Å²) in [5.74, 6) is 0.789. The van der Waals surface area contributed by atoms with E-state index >= 15 is 0 Å². The second kappa shape index (κ2) is 8.82. The molecule has 0 atom stereocenters. The Kier molecular flexibility index (Phi) is 5.80. The number of methoxy groups -OCH3 is 1. The van der Waals surface area contributed by atoms with Crippen molar-refractivity contribution in [1.29, 1.82) is 0 Å². The molecule has 0 saturated carbocycles. The number of hydrogen-bond donors (Lipinski definition) is 0. The third-order valence-corrected chi connectivity index (χ3v) is 5.42. The minimum absolute atomic E-state index is 0.000924. The number of ether oxygens (including phenoxy) is 1. The lowest BCUT2D eigenvalue weighted by molar-refractivity contribution is 0.0746. The molecule has 4 rings (SSSR count). The van der Waals surface area contributed by atoms with Gasteiger partial charge in [-0.3, -0.25) is 9.59 Å². The maximum atomic E-state index is 12.9. The molecule has 5 heteroatoms. The van der Waals surface area contributed by atoms with Crippen LogP contribution in [0.2, 0.25) is 0 Å². The van der Waals surface area contributed by atoms with Crippen LogP contribution in [0.1, 0.15) is 26.3 Å². The van der Waals surface area contributed by atoms with Gasteiger partial charge in [-0.1, -0.05) is 48.5 Å². The summed E-state index contributed by atoms with van der Waals surface area (Å²) in [4.78, 5) is 29.6. The van der Waals surface area contributed by atoms with Gasteiger partial charge in [0.25, 0.3) is 5.91 Å². The van der Waals surface area contributed by atoms with Crippen molar-refractivity contribution in [2.75, 3.05) is 38.2 Å². The molecule has 0 bridgehead atoms. The molecular weight excluding hydrogens is 376 g/mol. The number of amides is 1. The largest absolute Gasteiger partial charge is 0.497 e. The molecule has 0 spiro atoms. The van der Waals surface area contributed by atoms with E-state index in [9.17, 15) is 9.59 Å². The van der Waals surface area contributed by atoms with E-state index in [-0.39, 0.29) is 11.7 Å². The summed E-state index contributed by atoms with van der Waals surface area (Å²) >= 11 is 0. The van der Waals surface area contributed by atoms with Gasteiger partial charge in [-0.15, -0.1) is 0 Å². The van der Waals surface area contributed by atoms with Crippen molar-refractivity contribution in [2.45, 2.75) is 0 Å². The number of carbonyl (C=O) groups excluding carboxylic acids is 2. The molecule has 0 unspecified atom stereocenters. The van der Waals surface area contributed by atoms with Crippen molar-refractivity contribution in [3.63, 3.8) is 0 Å². The molecule has 0 radical (unpaired) electrons. The molecule has 30 heavy (non-hydrogen) atoms. The van der Waals surface area contributed by atoms with E-state index in [4.69, 9.17) is 4.74 Å². The molecule has 0 N–H and O–H groups in total. The fourth-order valence-corrected chi connectivity index (χ4v) is 3.68. The van der Waals surface area contributed by atoms with Gasteiger partial charge in [-0.05, 0) is 24.3 Å². The SMILES string of the molecule is COc1cccc(N2CCN(C(=O)c3ccc(C(=O)c4ccccc4)cc3)CC2)c1. The van der Waals surface area contributed by atoms with Gasteiger partial charge >= 0.3 is 0 Å². The molecule has 1 saturated heterocycles. The van der Waals surface area contributed by atoms with Gasteiger partial charge < -0.3 is 14.5 Å². The fourth-order valence-electron chi connectivity index (χ4n) is 3.68. The number of anilines is 1. The van der Waals surface area contributed by atoms with Crippen LogP contribution in [0.3, 0.4) is 0 Å². The van der Waals surface area contributed by atoms with Crippen LogP contribution in [0, 0.1) is 0 Å². The highest BCUT2D eigenvalue weighted by molar-refractivity contribution is 6.09. The molecule has 3 aromatic carbocycles. The minimum atomic E-state index is -0.0403. The van der Waals surface area contributed by atoms with E-state index < -0.39 is 0 Å². The zero-order chi connectivity index (χ0) is 20.9. The van der Waals surface area contributed by atoms with Crippen LogP contribution >= 0.6 is 0 Å². The number of carbonyl (C=O) groups is 2. The zero-order valence-corrected chi connectivity index (χ0v) is 17.0. The Balaban J connectivity index is 1.39. The Hall–Kier alpha value is -3.60. The molecule has 152 valence electrons. The number of rotatable bonds is 5. The van der Waals surface area contributed by atoms with Crippen molar-refractivity contribution < 1.29 is 14.3 Å². The van der Waals surface area contributed by atoms with E-state index in [1.54, 1.807) is 43.5 Å². The Morgan fingerprint density at radius 2 is 1.37 bits per heavy atom. The average molecular weight is 400 g/mol. The molecule has 1 aliphatic heterocycles. The maximum absolute atomic E-state index is 12.9. The third kappa shape index (κ3) is 4.20. The number of piperazine rings is 1. The van der Waals surface area contributed by atoms with Gasteiger partial charge in [0.05, 0.1) is 7.11 Å². The van der Waals surface area contributed by atoms with Crippen LogP contribution in [0.5, 0.6) is 5.75 Å². The quantitative estimate of drug-likeness (QED) is 0.610. The van der Waals surface area contributed by atoms with E-state index in [0.717, 1.165) is 24.5 Å². The van der Waals surface area contributed by atoms with Gasteiger partial charge in [0.1, 0.15) is 5.75 Å². The van der Waals surface area contributed by atoms with Gasteiger partial charge in [0, 0.05) is 54.6 Å². The van der Waals surface area contributed by atoms with Crippen molar-refractivity contribution in [1.82, 2.24) is 4.90 Å². The normalized spacial score (nSPS) is 13.8. The Labute approximate surface area is 176 Å². The van der Waals surface area contributed by atoms with Crippen LogP contribution in [0.15, 0.2) is 78.9 Å². The van der Waals surface area contributed by atoms with Crippen molar-refractivity contribution >= 4 is 17.4 Å². The number of hydrogen-bond acceptors (Lipinski definition) is 4. The molecule has 5 nitrogen and oxygen atoms in total. The highest BCUT2D eigenvalue weighted by Crippen LogP contribution is 2.22. The highest BCUT2D eigenvalue weighted by Gasteiger charge is 2.22. The van der Waals surface area contributed by atoms with Gasteiger partial charge in [0.15, 0.2) is 5.78 Å². The van der Waals surface area contributed by atoms with Gasteiger partial charge in [-0.2, -0.15) is 0 Å².